The van der Waals surface area contributed by atoms with Crippen LogP contribution >= 0.6 is 12.2 Å². The minimum atomic E-state index is 0.611. The molecular formula is C25H48N6S+2. The van der Waals surface area contributed by atoms with Crippen LogP contribution in [0.1, 0.15) is 64.2 Å². The van der Waals surface area contributed by atoms with Gasteiger partial charge in [-0.05, 0) is 43.8 Å². The summed E-state index contributed by atoms with van der Waals surface area (Å²) in [5.41, 5.74) is 0. The summed E-state index contributed by atoms with van der Waals surface area (Å²) in [5.74, 6) is 1.85. The fraction of sp³-hybridized carbons (Fsp3) is 0.960. The summed E-state index contributed by atoms with van der Waals surface area (Å²) in [6.45, 7) is 11.7. The zero-order valence-electron chi connectivity index (χ0n) is 20.2. The zero-order valence-corrected chi connectivity index (χ0v) is 21.0. The molecule has 2 unspecified atom stereocenters. The number of hydrogen-bond donors (Lipinski definition) is 4. The number of fused-ring (bicyclic) bond motifs is 3. The molecule has 0 spiro atoms. The first-order chi connectivity index (χ1) is 15.7. The van der Waals surface area contributed by atoms with Gasteiger partial charge in [0.25, 0.3) is 0 Å². The third-order valence-corrected chi connectivity index (χ3v) is 9.66. The van der Waals surface area contributed by atoms with E-state index in [1.54, 1.807) is 0 Å². The molecule has 6 nitrogen and oxygen atoms in total. The lowest BCUT2D eigenvalue weighted by molar-refractivity contribution is -0.945. The van der Waals surface area contributed by atoms with Crippen LogP contribution in [0, 0.1) is 11.8 Å². The maximum atomic E-state index is 5.63. The van der Waals surface area contributed by atoms with E-state index in [9.17, 15) is 0 Å². The van der Waals surface area contributed by atoms with Gasteiger partial charge in [-0.15, -0.1) is 0 Å². The van der Waals surface area contributed by atoms with Crippen molar-refractivity contribution in [3.05, 3.63) is 0 Å². The average molecular weight is 465 g/mol. The molecule has 0 aromatic heterocycles. The molecule has 7 heteroatoms. The van der Waals surface area contributed by atoms with Gasteiger partial charge in [-0.25, -0.2) is 0 Å². The third kappa shape index (κ3) is 5.96. The first kappa shape index (κ1) is 23.3. The van der Waals surface area contributed by atoms with Crippen LogP contribution < -0.4 is 20.9 Å². The van der Waals surface area contributed by atoms with E-state index in [1.165, 1.54) is 117 Å². The minimum absolute atomic E-state index is 0.611. The van der Waals surface area contributed by atoms with E-state index in [1.807, 2.05) is 4.90 Å². The Labute approximate surface area is 201 Å². The molecule has 6 fully saturated rings. The van der Waals surface area contributed by atoms with Crippen molar-refractivity contribution in [1.82, 2.24) is 20.4 Å². The number of nitrogens with two attached hydrogens (primary N) is 1. The summed E-state index contributed by atoms with van der Waals surface area (Å²) < 4.78 is 0. The summed E-state index contributed by atoms with van der Waals surface area (Å²) in [6.07, 6.45) is 14.6. The Kier molecular flexibility index (Phi) is 8.22. The second kappa shape index (κ2) is 11.3. The highest BCUT2D eigenvalue weighted by Crippen LogP contribution is 2.28. The Hall–Kier alpha value is -0.470. The SMILES string of the molecule is S=C(NC[C@@H]1C[C@H]2CC[NH+]1C[C@@H]2CN1CCN(C2CCCC[NH2+]2)CC1)NC1CCCCC1. The fourth-order valence-electron chi connectivity index (χ4n) is 7.43. The molecule has 0 aromatic rings. The first-order valence-electron chi connectivity index (χ1n) is 13.9. The van der Waals surface area contributed by atoms with Crippen molar-refractivity contribution in [2.75, 3.05) is 58.9 Å². The van der Waals surface area contributed by atoms with Crippen LogP contribution in [0.5, 0.6) is 0 Å². The highest BCUT2D eigenvalue weighted by Gasteiger charge is 2.44. The van der Waals surface area contributed by atoms with Crippen molar-refractivity contribution in [3.8, 4) is 0 Å². The van der Waals surface area contributed by atoms with Gasteiger partial charge in [-0.3, -0.25) is 4.90 Å². The van der Waals surface area contributed by atoms with E-state index in [0.29, 0.717) is 6.04 Å². The molecule has 5 saturated heterocycles. The summed E-state index contributed by atoms with van der Waals surface area (Å²) in [4.78, 5) is 7.41. The molecule has 0 amide bonds. The van der Waals surface area contributed by atoms with Crippen molar-refractivity contribution in [2.45, 2.75) is 82.5 Å². The second-order valence-corrected chi connectivity index (χ2v) is 11.9. The van der Waals surface area contributed by atoms with E-state index in [2.05, 4.69) is 25.8 Å². The van der Waals surface area contributed by atoms with Gasteiger partial charge in [0.1, 0.15) is 12.2 Å². The standard InChI is InChI=1S/C25H46N6S/c32-25(28-22-6-2-1-3-7-22)27-17-23-16-20-9-11-31(23)19-21(20)18-29-12-14-30(15-13-29)24-8-4-5-10-26-24/h20-24,26H,1-19H2,(H2,27,28,32)/p+2/t20-,21+,23+,24?/m1/s1. The minimum Gasteiger partial charge on any atom is -0.360 e. The van der Waals surface area contributed by atoms with Gasteiger partial charge in [0.2, 0.25) is 0 Å². The Morgan fingerprint density at radius 1 is 0.969 bits per heavy atom. The van der Waals surface area contributed by atoms with Crippen LogP contribution in [0.2, 0.25) is 0 Å². The summed E-state index contributed by atoms with van der Waals surface area (Å²) in [6, 6.07) is 1.37. The molecule has 182 valence electrons. The van der Waals surface area contributed by atoms with Crippen molar-refractivity contribution in [3.63, 3.8) is 0 Å². The number of piperazine rings is 1. The number of piperidine rings is 4. The highest BCUT2D eigenvalue weighted by atomic mass is 32.1. The van der Waals surface area contributed by atoms with E-state index >= 15 is 0 Å². The van der Waals surface area contributed by atoms with Crippen LogP contribution in [0.15, 0.2) is 0 Å². The number of nitrogens with zero attached hydrogens (tertiary/aromatic N) is 2. The maximum absolute atomic E-state index is 5.63. The molecule has 1 saturated carbocycles. The number of rotatable bonds is 6. The number of thiocarbonyl (C=S) groups is 1. The predicted molar refractivity (Wildman–Crippen MR) is 134 cm³/mol. The molecule has 1 aliphatic carbocycles. The molecule has 5 N–H and O–H groups in total. The number of quaternary nitrogens is 2. The molecule has 0 radical (unpaired) electrons. The molecular weight excluding hydrogens is 416 g/mol. The van der Waals surface area contributed by atoms with Crippen LogP contribution in [-0.4, -0.2) is 92.1 Å². The molecule has 6 aliphatic rings. The Balaban J connectivity index is 1.02. The molecule has 6 rings (SSSR count). The van der Waals surface area contributed by atoms with Gasteiger partial charge in [0.15, 0.2) is 5.11 Å². The van der Waals surface area contributed by atoms with Crippen LogP contribution in [0.4, 0.5) is 0 Å². The van der Waals surface area contributed by atoms with E-state index < -0.39 is 0 Å². The van der Waals surface area contributed by atoms with Crippen LogP contribution in [0.3, 0.4) is 0 Å². The first-order valence-corrected chi connectivity index (χ1v) is 14.3. The second-order valence-electron chi connectivity index (χ2n) is 11.5. The number of hydrogen-bond acceptors (Lipinski definition) is 3. The smallest absolute Gasteiger partial charge is 0.166 e. The molecule has 5 atom stereocenters. The predicted octanol–water partition coefficient (Wildman–Crippen LogP) is -0.232. The molecule has 32 heavy (non-hydrogen) atoms. The summed E-state index contributed by atoms with van der Waals surface area (Å²) in [5, 5.41) is 10.7. The number of nitrogens with one attached hydrogen (secondary N) is 3. The van der Waals surface area contributed by atoms with Crippen molar-refractivity contribution in [2.24, 2.45) is 11.8 Å². The molecule has 5 aliphatic heterocycles. The van der Waals surface area contributed by atoms with E-state index in [0.717, 1.165) is 35.7 Å². The Morgan fingerprint density at radius 3 is 2.50 bits per heavy atom. The van der Waals surface area contributed by atoms with Gasteiger partial charge >= 0.3 is 0 Å². The van der Waals surface area contributed by atoms with Crippen molar-refractivity contribution in [1.29, 1.82) is 0 Å². The van der Waals surface area contributed by atoms with Gasteiger partial charge in [-0.2, -0.15) is 0 Å². The zero-order chi connectivity index (χ0) is 21.8. The van der Waals surface area contributed by atoms with Crippen molar-refractivity contribution < 1.29 is 10.2 Å². The quantitative estimate of drug-likeness (QED) is 0.409. The normalized spacial score (nSPS) is 37.3. The van der Waals surface area contributed by atoms with Gasteiger partial charge in [-0.1, -0.05) is 19.3 Å². The lowest BCUT2D eigenvalue weighted by atomic mass is 9.75. The fourth-order valence-corrected chi connectivity index (χ4v) is 7.68. The average Bonchev–Trinajstić information content (AvgIpc) is 2.85. The topological polar surface area (TPSA) is 51.6 Å². The van der Waals surface area contributed by atoms with Gasteiger partial charge < -0.3 is 25.8 Å². The summed E-state index contributed by atoms with van der Waals surface area (Å²) >= 11 is 5.63. The third-order valence-electron chi connectivity index (χ3n) is 9.40. The maximum Gasteiger partial charge on any atom is 0.166 e. The molecule has 5 heterocycles. The van der Waals surface area contributed by atoms with E-state index in [4.69, 9.17) is 12.2 Å². The molecule has 0 aromatic carbocycles. The Morgan fingerprint density at radius 2 is 1.78 bits per heavy atom. The van der Waals surface area contributed by atoms with Crippen LogP contribution in [-0.2, 0) is 0 Å². The van der Waals surface area contributed by atoms with E-state index in [-0.39, 0.29) is 0 Å². The lowest BCUT2D eigenvalue weighted by Gasteiger charge is -2.49. The highest BCUT2D eigenvalue weighted by molar-refractivity contribution is 7.80. The largest absolute Gasteiger partial charge is 0.360 e. The lowest BCUT2D eigenvalue weighted by Crippen LogP contribution is -3.20. The van der Waals surface area contributed by atoms with Gasteiger partial charge in [0, 0.05) is 63.9 Å². The van der Waals surface area contributed by atoms with Crippen LogP contribution in [0.25, 0.3) is 0 Å². The molecule has 2 bridgehead atoms. The summed E-state index contributed by atoms with van der Waals surface area (Å²) in [7, 11) is 0. The monoisotopic (exact) mass is 464 g/mol. The van der Waals surface area contributed by atoms with Crippen molar-refractivity contribution >= 4 is 17.3 Å². The Bertz CT molecular complexity index is 597. The van der Waals surface area contributed by atoms with Gasteiger partial charge in [0.05, 0.1) is 26.2 Å².